The van der Waals surface area contributed by atoms with Crippen molar-refractivity contribution in [2.75, 3.05) is 13.1 Å². The standard InChI is InChI=1S/C33H34N4O4/c1-23(2)29-31(39)37(21-25-10-8-9-24(19-25)20-34)33(35-29)15-17-36(18-16-33)30(38)28-14-7-6-13-27(28)22-41-32(40)26-11-4-3-5-12-26/h3-14,19,23,29,35H,15-18,21-22H2,1-2H3. The second-order valence-electron chi connectivity index (χ2n) is 11.0. The van der Waals surface area contributed by atoms with Gasteiger partial charge in [0.25, 0.3) is 5.91 Å². The SMILES string of the molecule is CC(C)C1NC2(CCN(C(=O)c3ccccc3COC(=O)c3ccccc3)CC2)N(Cc2cccc(C#N)c2)C1=O. The van der Waals surface area contributed by atoms with Crippen molar-refractivity contribution < 1.29 is 19.1 Å². The normalized spacial score (nSPS) is 18.0. The Morgan fingerprint density at radius 1 is 1.02 bits per heavy atom. The topological polar surface area (TPSA) is 103 Å². The molecular formula is C33H34N4O4. The van der Waals surface area contributed by atoms with Crippen LogP contribution < -0.4 is 5.32 Å². The van der Waals surface area contributed by atoms with E-state index in [4.69, 9.17) is 4.74 Å². The van der Waals surface area contributed by atoms with E-state index in [-0.39, 0.29) is 30.4 Å². The van der Waals surface area contributed by atoms with E-state index in [1.165, 1.54) is 0 Å². The molecule has 5 rings (SSSR count). The molecule has 2 amide bonds. The Bertz CT molecular complexity index is 1470. The van der Waals surface area contributed by atoms with Crippen LogP contribution in [0.5, 0.6) is 0 Å². The number of benzene rings is 3. The molecule has 8 nitrogen and oxygen atoms in total. The van der Waals surface area contributed by atoms with E-state index < -0.39 is 11.6 Å². The predicted molar refractivity (Wildman–Crippen MR) is 153 cm³/mol. The molecule has 0 aromatic heterocycles. The summed E-state index contributed by atoms with van der Waals surface area (Å²) in [5, 5.41) is 13.0. The number of carbonyl (C=O) groups excluding carboxylic acids is 3. The Kier molecular flexibility index (Phi) is 8.18. The molecular weight excluding hydrogens is 516 g/mol. The van der Waals surface area contributed by atoms with E-state index >= 15 is 0 Å². The fourth-order valence-electron chi connectivity index (χ4n) is 5.73. The number of hydrogen-bond donors (Lipinski definition) is 1. The maximum Gasteiger partial charge on any atom is 0.338 e. The molecule has 2 fully saturated rings. The maximum absolute atomic E-state index is 13.7. The van der Waals surface area contributed by atoms with Crippen molar-refractivity contribution >= 4 is 17.8 Å². The molecule has 210 valence electrons. The fourth-order valence-corrected chi connectivity index (χ4v) is 5.73. The molecule has 1 N–H and O–H groups in total. The van der Waals surface area contributed by atoms with Gasteiger partial charge in [-0.25, -0.2) is 4.79 Å². The predicted octanol–water partition coefficient (Wildman–Crippen LogP) is 4.50. The first kappa shape index (κ1) is 28.1. The molecule has 8 heteroatoms. The molecule has 0 saturated carbocycles. The van der Waals surface area contributed by atoms with E-state index in [0.29, 0.717) is 54.7 Å². The highest BCUT2D eigenvalue weighted by molar-refractivity contribution is 5.96. The number of carbonyl (C=O) groups is 3. The number of nitriles is 1. The van der Waals surface area contributed by atoms with Crippen LogP contribution >= 0.6 is 0 Å². The molecule has 0 bridgehead atoms. The van der Waals surface area contributed by atoms with Gasteiger partial charge in [0.1, 0.15) is 6.61 Å². The summed E-state index contributed by atoms with van der Waals surface area (Å²) in [7, 11) is 0. The van der Waals surface area contributed by atoms with E-state index in [1.54, 1.807) is 42.5 Å². The molecule has 3 aromatic rings. The van der Waals surface area contributed by atoms with Crippen LogP contribution in [0.3, 0.4) is 0 Å². The first-order valence-corrected chi connectivity index (χ1v) is 14.0. The first-order chi connectivity index (χ1) is 19.8. The molecule has 1 spiro atoms. The number of ether oxygens (including phenoxy) is 1. The zero-order valence-corrected chi connectivity index (χ0v) is 23.4. The maximum atomic E-state index is 13.7. The third-order valence-electron chi connectivity index (χ3n) is 8.03. The van der Waals surface area contributed by atoms with Gasteiger partial charge in [-0.1, -0.05) is 62.4 Å². The smallest absolute Gasteiger partial charge is 0.338 e. The van der Waals surface area contributed by atoms with E-state index in [1.807, 2.05) is 60.0 Å². The van der Waals surface area contributed by atoms with Crippen LogP contribution in [-0.4, -0.2) is 52.4 Å². The zero-order chi connectivity index (χ0) is 29.0. The Morgan fingerprint density at radius 2 is 1.73 bits per heavy atom. The van der Waals surface area contributed by atoms with Crippen LogP contribution in [0.15, 0.2) is 78.9 Å². The van der Waals surface area contributed by atoms with Crippen LogP contribution in [0.1, 0.15) is 64.1 Å². The van der Waals surface area contributed by atoms with Gasteiger partial charge in [0.15, 0.2) is 0 Å². The molecule has 2 aliphatic rings. The molecule has 3 aromatic carbocycles. The summed E-state index contributed by atoms with van der Waals surface area (Å²) in [5.41, 5.74) is 2.50. The molecule has 2 heterocycles. The van der Waals surface area contributed by atoms with Crippen LogP contribution in [0.25, 0.3) is 0 Å². The van der Waals surface area contributed by atoms with Gasteiger partial charge in [-0.05, 0) is 41.8 Å². The van der Waals surface area contributed by atoms with Crippen molar-refractivity contribution in [3.05, 3.63) is 107 Å². The summed E-state index contributed by atoms with van der Waals surface area (Å²) in [4.78, 5) is 43.4. The second kappa shape index (κ2) is 11.9. The summed E-state index contributed by atoms with van der Waals surface area (Å²) >= 11 is 0. The number of likely N-dealkylation sites (tertiary alicyclic amines) is 1. The number of hydrogen-bond acceptors (Lipinski definition) is 6. The van der Waals surface area contributed by atoms with Crippen molar-refractivity contribution in [3.63, 3.8) is 0 Å². The highest BCUT2D eigenvalue weighted by atomic mass is 16.5. The average Bonchev–Trinajstić information content (AvgIpc) is 3.27. The molecule has 2 aliphatic heterocycles. The molecule has 0 aliphatic carbocycles. The summed E-state index contributed by atoms with van der Waals surface area (Å²) in [6, 6.07) is 25.2. The van der Waals surface area contributed by atoms with Gasteiger partial charge >= 0.3 is 5.97 Å². The Hall–Kier alpha value is -4.48. The van der Waals surface area contributed by atoms with E-state index in [0.717, 1.165) is 5.56 Å². The third kappa shape index (κ3) is 5.86. The zero-order valence-electron chi connectivity index (χ0n) is 23.4. The minimum atomic E-state index is -0.573. The number of nitrogens with one attached hydrogen (secondary N) is 1. The van der Waals surface area contributed by atoms with Gasteiger partial charge < -0.3 is 14.5 Å². The average molecular weight is 551 g/mol. The number of esters is 1. The fraction of sp³-hybridized carbons (Fsp3) is 0.333. The van der Waals surface area contributed by atoms with Gasteiger partial charge in [0.05, 0.1) is 28.9 Å². The van der Waals surface area contributed by atoms with Crippen LogP contribution in [0, 0.1) is 17.2 Å². The number of piperidine rings is 1. The molecule has 0 radical (unpaired) electrons. The van der Waals surface area contributed by atoms with E-state index in [2.05, 4.69) is 11.4 Å². The monoisotopic (exact) mass is 550 g/mol. The summed E-state index contributed by atoms with van der Waals surface area (Å²) < 4.78 is 5.52. The largest absolute Gasteiger partial charge is 0.457 e. The molecule has 2 saturated heterocycles. The van der Waals surface area contributed by atoms with Crippen LogP contribution in [-0.2, 0) is 22.7 Å². The number of nitrogens with zero attached hydrogens (tertiary/aromatic N) is 3. The van der Waals surface area contributed by atoms with Gasteiger partial charge in [0.2, 0.25) is 5.91 Å². The Morgan fingerprint density at radius 3 is 2.44 bits per heavy atom. The van der Waals surface area contributed by atoms with Crippen molar-refractivity contribution in [1.82, 2.24) is 15.1 Å². The lowest BCUT2D eigenvalue weighted by atomic mass is 9.94. The lowest BCUT2D eigenvalue weighted by molar-refractivity contribution is -0.134. The quantitative estimate of drug-likeness (QED) is 0.435. The summed E-state index contributed by atoms with van der Waals surface area (Å²) in [6.07, 6.45) is 1.16. The van der Waals surface area contributed by atoms with Crippen molar-refractivity contribution in [1.29, 1.82) is 5.26 Å². The summed E-state index contributed by atoms with van der Waals surface area (Å²) in [6.45, 7) is 5.39. The van der Waals surface area contributed by atoms with Gasteiger partial charge in [-0.3, -0.25) is 14.9 Å². The van der Waals surface area contributed by atoms with Crippen molar-refractivity contribution in [2.45, 2.75) is 51.5 Å². The van der Waals surface area contributed by atoms with Gasteiger partial charge in [-0.15, -0.1) is 0 Å². The minimum absolute atomic E-state index is 0.00488. The molecule has 1 atom stereocenters. The number of amides is 2. The van der Waals surface area contributed by atoms with Crippen molar-refractivity contribution in [3.8, 4) is 6.07 Å². The number of rotatable bonds is 7. The van der Waals surface area contributed by atoms with Gasteiger partial charge in [-0.2, -0.15) is 5.26 Å². The van der Waals surface area contributed by atoms with E-state index in [9.17, 15) is 19.6 Å². The third-order valence-corrected chi connectivity index (χ3v) is 8.03. The highest BCUT2D eigenvalue weighted by Gasteiger charge is 2.52. The van der Waals surface area contributed by atoms with Crippen molar-refractivity contribution in [2.24, 2.45) is 5.92 Å². The summed E-state index contributed by atoms with van der Waals surface area (Å²) in [5.74, 6) is -0.401. The Labute approximate surface area is 240 Å². The molecule has 1 unspecified atom stereocenters. The lowest BCUT2D eigenvalue weighted by Crippen LogP contribution is -2.59. The molecule has 41 heavy (non-hydrogen) atoms. The minimum Gasteiger partial charge on any atom is -0.457 e. The second-order valence-corrected chi connectivity index (χ2v) is 11.0. The lowest BCUT2D eigenvalue weighted by Gasteiger charge is -2.45. The Balaban J connectivity index is 1.30. The highest BCUT2D eigenvalue weighted by Crippen LogP contribution is 2.36. The van der Waals surface area contributed by atoms with Crippen LogP contribution in [0.2, 0.25) is 0 Å². The first-order valence-electron chi connectivity index (χ1n) is 14.0. The van der Waals surface area contributed by atoms with Gasteiger partial charge in [0, 0.05) is 43.6 Å². The van der Waals surface area contributed by atoms with Crippen LogP contribution in [0.4, 0.5) is 0 Å².